The molecule has 0 spiro atoms. The number of halogens is 1. The van der Waals surface area contributed by atoms with Gasteiger partial charge in [-0.2, -0.15) is 0 Å². The third kappa shape index (κ3) is 10.6. The second kappa shape index (κ2) is 19.3. The quantitative estimate of drug-likeness (QED) is 0.0856. The van der Waals surface area contributed by atoms with Gasteiger partial charge in [0.15, 0.2) is 0 Å². The summed E-state index contributed by atoms with van der Waals surface area (Å²) in [6.07, 6.45) is 7.92. The minimum atomic E-state index is -4.56. The fourth-order valence-electron chi connectivity index (χ4n) is 9.65. The second-order valence-electron chi connectivity index (χ2n) is 19.0. The highest BCUT2D eigenvalue weighted by atomic mass is 35.5. The molecule has 14 nitrogen and oxygen atoms in total. The Balaban J connectivity index is 0.922. The molecule has 0 bridgehead atoms. The van der Waals surface area contributed by atoms with E-state index in [0.29, 0.717) is 28.3 Å². The Morgan fingerprint density at radius 3 is 2.52 bits per heavy atom. The minimum absolute atomic E-state index is 0.0120. The first-order valence-electron chi connectivity index (χ1n) is 22.8. The van der Waals surface area contributed by atoms with Crippen molar-refractivity contribution in [2.24, 2.45) is 11.3 Å². The summed E-state index contributed by atoms with van der Waals surface area (Å²) in [5.41, 5.74) is 6.13. The number of ether oxygens (including phenoxy) is 1. The highest BCUT2D eigenvalue weighted by molar-refractivity contribution is 7.99. The normalized spacial score (nSPS) is 19.8. The Morgan fingerprint density at radius 2 is 1.76 bits per heavy atom. The van der Waals surface area contributed by atoms with Gasteiger partial charge in [-0.25, -0.2) is 18.1 Å². The standard InChI is InChI=1S/C49H57ClN8O6S2/c1-49(2)13-10-36(43(29-49)34-4-6-37(50)7-5-34)31-56-20-22-57(23-21-56)38-8-9-41(45(26-38)64-39-25-35-11-14-51-47(35)52-30-39)48(59)53-66(62,63)40-27-44(58(60)61)42-24-33(32-65-46(42)28-40)12-15-55-18-16-54(3)17-19-55/h4-9,11,14,25-28,30,33H,10,12-13,15-24,29,31-32H2,1-3H3,(H,51,52)(H,53,59)/t33-/m0/s1. The van der Waals surface area contributed by atoms with Crippen LogP contribution in [0.1, 0.15) is 61.0 Å². The number of thioether (sulfide) groups is 1. The molecule has 0 saturated carbocycles. The van der Waals surface area contributed by atoms with Crippen molar-refractivity contribution in [1.29, 1.82) is 0 Å². The molecule has 5 aromatic rings. The van der Waals surface area contributed by atoms with Crippen LogP contribution in [0, 0.1) is 21.4 Å². The van der Waals surface area contributed by atoms with E-state index in [2.05, 4.69) is 67.3 Å². The minimum Gasteiger partial charge on any atom is -0.455 e. The van der Waals surface area contributed by atoms with Gasteiger partial charge in [0, 0.05) is 110 Å². The highest BCUT2D eigenvalue weighted by Gasteiger charge is 2.33. The number of allylic oxidation sites excluding steroid dienone is 1. The molecular formula is C49H57ClN8O6S2. The van der Waals surface area contributed by atoms with Gasteiger partial charge >= 0.3 is 0 Å². The molecule has 3 aromatic carbocycles. The van der Waals surface area contributed by atoms with Crippen molar-refractivity contribution < 1.29 is 22.9 Å². The van der Waals surface area contributed by atoms with E-state index in [1.165, 1.54) is 34.5 Å². The van der Waals surface area contributed by atoms with Crippen molar-refractivity contribution in [3.8, 4) is 11.5 Å². The molecule has 0 radical (unpaired) electrons. The number of hydrogen-bond acceptors (Lipinski definition) is 12. The van der Waals surface area contributed by atoms with E-state index < -0.39 is 20.9 Å². The molecule has 5 heterocycles. The van der Waals surface area contributed by atoms with Gasteiger partial charge in [-0.1, -0.05) is 43.2 Å². The number of fused-ring (bicyclic) bond motifs is 2. The molecule has 2 saturated heterocycles. The van der Waals surface area contributed by atoms with Crippen LogP contribution in [-0.4, -0.2) is 122 Å². The molecular weight excluding hydrogens is 896 g/mol. The summed E-state index contributed by atoms with van der Waals surface area (Å²) >= 11 is 7.70. The number of anilines is 1. The van der Waals surface area contributed by atoms with Crippen LogP contribution in [0.2, 0.25) is 5.02 Å². The van der Waals surface area contributed by atoms with Crippen molar-refractivity contribution >= 4 is 67.3 Å². The molecule has 1 aliphatic carbocycles. The first-order valence-corrected chi connectivity index (χ1v) is 25.6. The molecule has 2 fully saturated rings. The van der Waals surface area contributed by atoms with E-state index in [-0.39, 0.29) is 33.2 Å². The molecule has 4 aliphatic rings. The summed E-state index contributed by atoms with van der Waals surface area (Å²) in [5.74, 6) is 0.542. The number of likely N-dealkylation sites (N-methyl/N-ethyl adjacent to an activating group) is 1. The zero-order chi connectivity index (χ0) is 46.2. The van der Waals surface area contributed by atoms with Crippen molar-refractivity contribution in [3.05, 3.63) is 117 Å². The summed E-state index contributed by atoms with van der Waals surface area (Å²) in [6, 6.07) is 19.5. The van der Waals surface area contributed by atoms with Gasteiger partial charge in [-0.15, -0.1) is 11.8 Å². The van der Waals surface area contributed by atoms with Crippen LogP contribution in [0.3, 0.4) is 0 Å². The number of aromatic amines is 1. The number of rotatable bonds is 13. The lowest BCUT2D eigenvalue weighted by Crippen LogP contribution is -2.47. The van der Waals surface area contributed by atoms with Gasteiger partial charge in [-0.05, 0) is 111 Å². The molecule has 348 valence electrons. The van der Waals surface area contributed by atoms with Gasteiger partial charge in [0.1, 0.15) is 17.1 Å². The molecule has 0 unspecified atom stereocenters. The van der Waals surface area contributed by atoms with E-state index in [0.717, 1.165) is 119 Å². The molecule has 2 aromatic heterocycles. The van der Waals surface area contributed by atoms with Crippen LogP contribution in [0.15, 0.2) is 94.5 Å². The lowest BCUT2D eigenvalue weighted by Gasteiger charge is -2.39. The van der Waals surface area contributed by atoms with Crippen LogP contribution in [0.5, 0.6) is 11.5 Å². The average Bonchev–Trinajstić information content (AvgIpc) is 3.77. The third-order valence-corrected chi connectivity index (χ3v) is 16.5. The predicted octanol–water partition coefficient (Wildman–Crippen LogP) is 8.72. The van der Waals surface area contributed by atoms with Crippen LogP contribution in [0.4, 0.5) is 11.4 Å². The number of piperazine rings is 2. The fraction of sp³-hybridized carbons (Fsp3) is 0.429. The summed E-state index contributed by atoms with van der Waals surface area (Å²) in [5, 5.41) is 14.0. The van der Waals surface area contributed by atoms with Crippen LogP contribution in [0.25, 0.3) is 16.6 Å². The zero-order valence-electron chi connectivity index (χ0n) is 37.7. The maximum Gasteiger partial charge on any atom is 0.275 e. The van der Waals surface area contributed by atoms with E-state index in [9.17, 15) is 23.3 Å². The van der Waals surface area contributed by atoms with Gasteiger partial charge in [0.25, 0.3) is 21.6 Å². The Kier molecular flexibility index (Phi) is 13.5. The number of hydrogen-bond donors (Lipinski definition) is 2. The lowest BCUT2D eigenvalue weighted by atomic mass is 9.72. The van der Waals surface area contributed by atoms with Gasteiger partial charge in [-0.3, -0.25) is 19.8 Å². The number of carbonyl (C=O) groups excluding carboxylic acids is 1. The molecule has 2 N–H and O–H groups in total. The fourth-order valence-corrected chi connectivity index (χ4v) is 12.1. The number of nitro groups is 1. The zero-order valence-corrected chi connectivity index (χ0v) is 40.1. The number of amides is 1. The van der Waals surface area contributed by atoms with Crippen LogP contribution in [-0.2, 0) is 16.4 Å². The number of nitro benzene ring substituents is 1. The van der Waals surface area contributed by atoms with Crippen molar-refractivity contribution in [2.75, 3.05) is 83.1 Å². The highest BCUT2D eigenvalue weighted by Crippen LogP contribution is 2.44. The number of pyridine rings is 1. The summed E-state index contributed by atoms with van der Waals surface area (Å²) in [7, 11) is -2.43. The largest absolute Gasteiger partial charge is 0.455 e. The molecule has 1 atom stereocenters. The second-order valence-corrected chi connectivity index (χ2v) is 22.2. The summed E-state index contributed by atoms with van der Waals surface area (Å²) in [6.45, 7) is 13.7. The molecule has 9 rings (SSSR count). The maximum absolute atomic E-state index is 14.1. The van der Waals surface area contributed by atoms with E-state index in [1.54, 1.807) is 30.6 Å². The smallest absolute Gasteiger partial charge is 0.275 e. The van der Waals surface area contributed by atoms with Gasteiger partial charge < -0.3 is 24.4 Å². The number of benzene rings is 3. The van der Waals surface area contributed by atoms with Crippen molar-refractivity contribution in [1.82, 2.24) is 29.4 Å². The van der Waals surface area contributed by atoms with Crippen LogP contribution >= 0.6 is 23.4 Å². The topological polar surface area (TPSA) is 157 Å². The Bertz CT molecular complexity index is 2760. The van der Waals surface area contributed by atoms with Crippen LogP contribution < -0.4 is 14.4 Å². The van der Waals surface area contributed by atoms with E-state index >= 15 is 0 Å². The molecule has 17 heteroatoms. The number of nitrogens with one attached hydrogen (secondary N) is 2. The first kappa shape index (κ1) is 46.2. The predicted molar refractivity (Wildman–Crippen MR) is 261 cm³/mol. The number of sulfonamides is 1. The third-order valence-electron chi connectivity index (χ3n) is 13.7. The number of H-pyrrole nitrogens is 1. The van der Waals surface area contributed by atoms with Gasteiger partial charge in [0.2, 0.25) is 0 Å². The maximum atomic E-state index is 14.1. The van der Waals surface area contributed by atoms with Crippen molar-refractivity contribution in [3.63, 3.8) is 0 Å². The Labute approximate surface area is 395 Å². The first-order chi connectivity index (χ1) is 31.7. The molecule has 3 aliphatic heterocycles. The Morgan fingerprint density at radius 1 is 1.00 bits per heavy atom. The lowest BCUT2D eigenvalue weighted by molar-refractivity contribution is -0.386. The number of aromatic nitrogens is 2. The SMILES string of the molecule is CN1CCN(CC[C@@H]2CSc3cc(S(=O)(=O)NC(=O)c4ccc(N5CCN(CC6=C(c7ccc(Cl)cc7)CC(C)(C)CC6)CC5)cc4Oc4cnc5[nH]ccc5c4)cc([N+](=O)[O-])c3C2)CC1. The summed E-state index contributed by atoms with van der Waals surface area (Å²) in [4.78, 5) is 43.3. The summed E-state index contributed by atoms with van der Waals surface area (Å²) < 4.78 is 36.6. The number of carbonyl (C=O) groups is 1. The Hall–Kier alpha value is -4.97. The van der Waals surface area contributed by atoms with E-state index in [1.807, 2.05) is 24.3 Å². The van der Waals surface area contributed by atoms with E-state index in [4.69, 9.17) is 16.3 Å². The monoisotopic (exact) mass is 952 g/mol. The molecule has 66 heavy (non-hydrogen) atoms. The van der Waals surface area contributed by atoms with Gasteiger partial charge in [0.05, 0.1) is 21.6 Å². The molecule has 1 amide bonds. The number of nitrogens with zero attached hydrogens (tertiary/aromatic N) is 6. The average molecular weight is 954 g/mol. The van der Waals surface area contributed by atoms with Crippen molar-refractivity contribution in [2.45, 2.75) is 55.7 Å².